The Labute approximate surface area is 124 Å². The van der Waals surface area contributed by atoms with Crippen molar-refractivity contribution < 1.29 is 0 Å². The predicted octanol–water partition coefficient (Wildman–Crippen LogP) is 4.85. The van der Waals surface area contributed by atoms with Gasteiger partial charge in [0, 0.05) is 6.04 Å². The molecule has 19 heavy (non-hydrogen) atoms. The largest absolute Gasteiger partial charge is 0.324 e. The number of hydrogen-bond donors (Lipinski definition) is 1. The number of hydrogen-bond acceptors (Lipinski definition) is 1. The van der Waals surface area contributed by atoms with Crippen LogP contribution in [0.4, 0.5) is 0 Å². The highest BCUT2D eigenvalue weighted by Gasteiger charge is 2.14. The summed E-state index contributed by atoms with van der Waals surface area (Å²) >= 11 is 12.2. The average molecular weight is 294 g/mol. The van der Waals surface area contributed by atoms with E-state index in [2.05, 4.69) is 26.0 Å². The van der Waals surface area contributed by atoms with Gasteiger partial charge in [0.05, 0.1) is 10.0 Å². The first-order valence-corrected chi connectivity index (χ1v) is 7.01. The molecule has 1 unspecified atom stereocenters. The van der Waals surface area contributed by atoms with E-state index in [4.69, 9.17) is 28.9 Å². The molecule has 0 fully saturated rings. The van der Waals surface area contributed by atoms with E-state index in [0.717, 1.165) is 5.56 Å². The molecule has 0 spiro atoms. The molecule has 0 bridgehead atoms. The summed E-state index contributed by atoms with van der Waals surface area (Å²) in [6.45, 7) is 4.17. The molecule has 0 radical (unpaired) electrons. The lowest BCUT2D eigenvalue weighted by Crippen LogP contribution is -2.16. The van der Waals surface area contributed by atoms with E-state index in [0.29, 0.717) is 16.5 Å². The summed E-state index contributed by atoms with van der Waals surface area (Å²) in [4.78, 5) is 0. The van der Waals surface area contributed by atoms with Crippen LogP contribution in [0.25, 0.3) is 0 Å². The van der Waals surface area contributed by atoms with Crippen LogP contribution < -0.4 is 5.73 Å². The summed E-state index contributed by atoms with van der Waals surface area (Å²) in [5, 5.41) is 1.18. The van der Waals surface area contributed by atoms with Gasteiger partial charge in [-0.3, -0.25) is 0 Å². The first-order chi connectivity index (χ1) is 9.00. The van der Waals surface area contributed by atoms with E-state index in [1.165, 1.54) is 16.7 Å². The van der Waals surface area contributed by atoms with Crippen LogP contribution in [0, 0.1) is 13.8 Å². The van der Waals surface area contributed by atoms with Gasteiger partial charge in [0.1, 0.15) is 0 Å². The fourth-order valence-electron chi connectivity index (χ4n) is 2.46. The summed E-state index contributed by atoms with van der Waals surface area (Å²) < 4.78 is 0. The Hall–Kier alpha value is -1.02. The first kappa shape index (κ1) is 14.4. The molecule has 2 aromatic rings. The normalized spacial score (nSPS) is 12.5. The van der Waals surface area contributed by atoms with E-state index < -0.39 is 0 Å². The smallest absolute Gasteiger partial charge is 0.0624 e. The topological polar surface area (TPSA) is 26.0 Å². The van der Waals surface area contributed by atoms with E-state index >= 15 is 0 Å². The second kappa shape index (κ2) is 5.96. The van der Waals surface area contributed by atoms with Gasteiger partial charge in [0.25, 0.3) is 0 Å². The van der Waals surface area contributed by atoms with Crippen molar-refractivity contribution >= 4 is 23.2 Å². The molecule has 2 aromatic carbocycles. The number of rotatable bonds is 3. The molecule has 0 aromatic heterocycles. The predicted molar refractivity (Wildman–Crippen MR) is 83.0 cm³/mol. The van der Waals surface area contributed by atoms with E-state index in [9.17, 15) is 0 Å². The second-order valence-electron chi connectivity index (χ2n) is 4.83. The van der Waals surface area contributed by atoms with Gasteiger partial charge in [0.2, 0.25) is 0 Å². The van der Waals surface area contributed by atoms with Gasteiger partial charge < -0.3 is 5.73 Å². The number of aryl methyl sites for hydroxylation is 2. The maximum absolute atomic E-state index is 6.35. The zero-order valence-electron chi connectivity index (χ0n) is 11.1. The van der Waals surface area contributed by atoms with Crippen molar-refractivity contribution in [3.63, 3.8) is 0 Å². The molecule has 0 aliphatic heterocycles. The molecule has 0 saturated carbocycles. The summed E-state index contributed by atoms with van der Waals surface area (Å²) in [5.74, 6) is 0. The second-order valence-corrected chi connectivity index (χ2v) is 5.61. The van der Waals surface area contributed by atoms with Crippen molar-refractivity contribution in [3.05, 3.63) is 68.7 Å². The third-order valence-corrected chi connectivity index (χ3v) is 4.24. The number of benzene rings is 2. The Morgan fingerprint density at radius 1 is 1.00 bits per heavy atom. The molecule has 2 rings (SSSR count). The van der Waals surface area contributed by atoms with Gasteiger partial charge in [-0.25, -0.2) is 0 Å². The molecule has 100 valence electrons. The average Bonchev–Trinajstić information content (AvgIpc) is 2.35. The van der Waals surface area contributed by atoms with Crippen molar-refractivity contribution in [1.82, 2.24) is 0 Å². The van der Waals surface area contributed by atoms with Gasteiger partial charge in [-0.15, -0.1) is 0 Å². The monoisotopic (exact) mass is 293 g/mol. The lowest BCUT2D eigenvalue weighted by molar-refractivity contribution is 0.711. The highest BCUT2D eigenvalue weighted by Crippen LogP contribution is 2.30. The van der Waals surface area contributed by atoms with Crippen molar-refractivity contribution in [2.75, 3.05) is 0 Å². The zero-order valence-corrected chi connectivity index (χ0v) is 12.6. The molecule has 1 nitrogen and oxygen atoms in total. The minimum absolute atomic E-state index is 0.0721. The van der Waals surface area contributed by atoms with Crippen molar-refractivity contribution in [3.8, 4) is 0 Å². The summed E-state index contributed by atoms with van der Waals surface area (Å²) in [6.07, 6.45) is 0.686. The Morgan fingerprint density at radius 2 is 1.58 bits per heavy atom. The molecule has 0 heterocycles. The van der Waals surface area contributed by atoms with Crippen LogP contribution in [0.15, 0.2) is 36.4 Å². The molecule has 0 aliphatic carbocycles. The lowest BCUT2D eigenvalue weighted by Gasteiger charge is -2.18. The molecular weight excluding hydrogens is 277 g/mol. The van der Waals surface area contributed by atoms with Crippen LogP contribution in [0.3, 0.4) is 0 Å². The Kier molecular flexibility index (Phi) is 4.51. The maximum Gasteiger partial charge on any atom is 0.0624 e. The van der Waals surface area contributed by atoms with Gasteiger partial charge in [-0.1, -0.05) is 53.5 Å². The fourth-order valence-corrected chi connectivity index (χ4v) is 2.85. The molecule has 3 heteroatoms. The molecule has 0 saturated heterocycles. The third-order valence-electron chi connectivity index (χ3n) is 3.38. The van der Waals surface area contributed by atoms with Crippen LogP contribution in [0.1, 0.15) is 28.3 Å². The molecule has 2 N–H and O–H groups in total. The van der Waals surface area contributed by atoms with Crippen LogP contribution in [-0.4, -0.2) is 0 Å². The van der Waals surface area contributed by atoms with Gasteiger partial charge in [-0.2, -0.15) is 0 Å². The highest BCUT2D eigenvalue weighted by atomic mass is 35.5. The van der Waals surface area contributed by atoms with Crippen molar-refractivity contribution in [1.29, 1.82) is 0 Å². The maximum atomic E-state index is 6.35. The molecular formula is C16H17Cl2N. The first-order valence-electron chi connectivity index (χ1n) is 6.25. The van der Waals surface area contributed by atoms with E-state index in [1.807, 2.05) is 18.2 Å². The Morgan fingerprint density at radius 3 is 2.21 bits per heavy atom. The van der Waals surface area contributed by atoms with Crippen LogP contribution in [0.5, 0.6) is 0 Å². The fraction of sp³-hybridized carbons (Fsp3) is 0.250. The molecule has 1 atom stereocenters. The number of nitrogens with two attached hydrogens (primary N) is 1. The van der Waals surface area contributed by atoms with E-state index in [1.54, 1.807) is 6.07 Å². The lowest BCUT2D eigenvalue weighted by atomic mass is 9.92. The van der Waals surface area contributed by atoms with Crippen molar-refractivity contribution in [2.45, 2.75) is 26.3 Å². The SMILES string of the molecule is Cc1cccc(C)c1C(N)Cc1cccc(Cl)c1Cl. The zero-order chi connectivity index (χ0) is 14.0. The minimum Gasteiger partial charge on any atom is -0.324 e. The van der Waals surface area contributed by atoms with Crippen LogP contribution in [0.2, 0.25) is 10.0 Å². The quantitative estimate of drug-likeness (QED) is 0.860. The van der Waals surface area contributed by atoms with Gasteiger partial charge in [-0.05, 0) is 48.6 Å². The standard InChI is InChI=1S/C16H17Cl2N/c1-10-5-3-6-11(2)15(10)14(19)9-12-7-4-8-13(17)16(12)18/h3-8,14H,9,19H2,1-2H3. The van der Waals surface area contributed by atoms with Crippen molar-refractivity contribution in [2.24, 2.45) is 5.73 Å². The Balaban J connectivity index is 2.31. The van der Waals surface area contributed by atoms with Crippen LogP contribution in [-0.2, 0) is 6.42 Å². The molecule has 0 amide bonds. The third kappa shape index (κ3) is 3.11. The minimum atomic E-state index is -0.0721. The Bertz CT molecular complexity index is 573. The summed E-state index contributed by atoms with van der Waals surface area (Å²) in [5.41, 5.74) is 11.0. The van der Waals surface area contributed by atoms with Crippen LogP contribution >= 0.6 is 23.2 Å². The number of halogens is 2. The highest BCUT2D eigenvalue weighted by molar-refractivity contribution is 6.42. The molecule has 0 aliphatic rings. The van der Waals surface area contributed by atoms with Gasteiger partial charge in [0.15, 0.2) is 0 Å². The van der Waals surface area contributed by atoms with E-state index in [-0.39, 0.29) is 6.04 Å². The summed E-state index contributed by atoms with van der Waals surface area (Å²) in [6, 6.07) is 11.8. The van der Waals surface area contributed by atoms with Gasteiger partial charge >= 0.3 is 0 Å². The summed E-state index contributed by atoms with van der Waals surface area (Å²) in [7, 11) is 0.